The second-order valence-corrected chi connectivity index (χ2v) is 8.66. The molecular formula is C27H32N4O4. The predicted octanol–water partition coefficient (Wildman–Crippen LogP) is 3.52. The summed E-state index contributed by atoms with van der Waals surface area (Å²) in [4.78, 5) is 29.7. The van der Waals surface area contributed by atoms with Gasteiger partial charge >= 0.3 is 11.8 Å². The smallest absolute Gasteiger partial charge is 0.313 e. The minimum Gasteiger partial charge on any atom is -0.497 e. The standard InChI is InChI=1S/C27H32N4O4/c1-19-6-4-7-23(20(19)2)29-27(33)26(32)28-18-24(25-8-5-17-35-25)31-15-13-30(14-16-31)21-9-11-22(34-3)12-10-21/h4-12,17,24H,13-16,18H2,1-3H3,(H,28,32)(H,29,33). The number of carbonyl (C=O) groups excluding carboxylic acids is 2. The number of methoxy groups -OCH3 is 1. The molecule has 8 heteroatoms. The van der Waals surface area contributed by atoms with E-state index in [1.54, 1.807) is 19.4 Å². The second-order valence-electron chi connectivity index (χ2n) is 8.66. The minimum absolute atomic E-state index is 0.166. The third-order valence-corrected chi connectivity index (χ3v) is 6.58. The van der Waals surface area contributed by atoms with Crippen molar-refractivity contribution >= 4 is 23.2 Å². The number of aryl methyl sites for hydroxylation is 1. The SMILES string of the molecule is COc1ccc(N2CCN(C(CNC(=O)C(=O)Nc3cccc(C)c3C)c3ccco3)CC2)cc1. The summed E-state index contributed by atoms with van der Waals surface area (Å²) >= 11 is 0. The molecule has 0 bridgehead atoms. The van der Waals surface area contributed by atoms with E-state index in [0.29, 0.717) is 5.69 Å². The molecule has 35 heavy (non-hydrogen) atoms. The Bertz CT molecular complexity index is 1140. The van der Waals surface area contributed by atoms with Gasteiger partial charge in [-0.3, -0.25) is 14.5 Å². The number of rotatable bonds is 7. The van der Waals surface area contributed by atoms with Gasteiger partial charge < -0.3 is 24.7 Å². The van der Waals surface area contributed by atoms with Crippen LogP contribution < -0.4 is 20.3 Å². The summed E-state index contributed by atoms with van der Waals surface area (Å²) in [6, 6.07) is 17.2. The second kappa shape index (κ2) is 11.1. The summed E-state index contributed by atoms with van der Waals surface area (Å²) in [5, 5.41) is 5.52. The number of amides is 2. The molecule has 3 aromatic rings. The Morgan fingerprint density at radius 2 is 1.71 bits per heavy atom. The number of hydrogen-bond donors (Lipinski definition) is 2. The molecule has 1 unspecified atom stereocenters. The first kappa shape index (κ1) is 24.3. The quantitative estimate of drug-likeness (QED) is 0.508. The number of anilines is 2. The van der Waals surface area contributed by atoms with Gasteiger partial charge in [0.1, 0.15) is 11.5 Å². The van der Waals surface area contributed by atoms with Crippen LogP contribution in [0.1, 0.15) is 22.9 Å². The van der Waals surface area contributed by atoms with Crippen molar-refractivity contribution in [3.8, 4) is 5.75 Å². The summed E-state index contributed by atoms with van der Waals surface area (Å²) in [5.41, 5.74) is 3.78. The Kier molecular flexibility index (Phi) is 7.72. The first-order chi connectivity index (χ1) is 17.0. The van der Waals surface area contributed by atoms with Crippen LogP contribution in [-0.4, -0.2) is 56.5 Å². The minimum atomic E-state index is -0.679. The molecule has 1 aliphatic heterocycles. The fraction of sp³-hybridized carbons (Fsp3) is 0.333. The van der Waals surface area contributed by atoms with Gasteiger partial charge in [0.2, 0.25) is 0 Å². The lowest BCUT2D eigenvalue weighted by molar-refractivity contribution is -0.136. The van der Waals surface area contributed by atoms with E-state index in [1.165, 1.54) is 0 Å². The highest BCUT2D eigenvalue weighted by Crippen LogP contribution is 2.25. The first-order valence-corrected chi connectivity index (χ1v) is 11.8. The molecule has 0 aliphatic carbocycles. The molecule has 2 N–H and O–H groups in total. The van der Waals surface area contributed by atoms with Crippen molar-refractivity contribution in [3.63, 3.8) is 0 Å². The van der Waals surface area contributed by atoms with E-state index in [4.69, 9.17) is 9.15 Å². The van der Waals surface area contributed by atoms with Gasteiger partial charge in [-0.1, -0.05) is 12.1 Å². The van der Waals surface area contributed by atoms with Crippen molar-refractivity contribution in [3.05, 3.63) is 77.7 Å². The highest BCUT2D eigenvalue weighted by Gasteiger charge is 2.28. The van der Waals surface area contributed by atoms with Crippen molar-refractivity contribution in [1.82, 2.24) is 10.2 Å². The molecule has 1 saturated heterocycles. The predicted molar refractivity (Wildman–Crippen MR) is 136 cm³/mol. The van der Waals surface area contributed by atoms with Crippen LogP contribution in [0, 0.1) is 13.8 Å². The zero-order chi connectivity index (χ0) is 24.8. The normalized spacial score (nSPS) is 14.9. The maximum absolute atomic E-state index is 12.6. The van der Waals surface area contributed by atoms with E-state index < -0.39 is 11.8 Å². The number of hydrogen-bond acceptors (Lipinski definition) is 6. The number of ether oxygens (including phenoxy) is 1. The third kappa shape index (κ3) is 5.84. The van der Waals surface area contributed by atoms with Crippen LogP contribution in [-0.2, 0) is 9.59 Å². The maximum Gasteiger partial charge on any atom is 0.313 e. The molecule has 1 aromatic heterocycles. The van der Waals surface area contributed by atoms with Gasteiger partial charge in [0.25, 0.3) is 0 Å². The van der Waals surface area contributed by atoms with Gasteiger partial charge in [-0.15, -0.1) is 0 Å². The van der Waals surface area contributed by atoms with Crippen LogP contribution in [0.15, 0.2) is 65.3 Å². The molecule has 8 nitrogen and oxygen atoms in total. The fourth-order valence-corrected chi connectivity index (χ4v) is 4.31. The molecule has 4 rings (SSSR count). The van der Waals surface area contributed by atoms with Gasteiger partial charge in [-0.2, -0.15) is 0 Å². The van der Waals surface area contributed by atoms with Crippen LogP contribution in [0.25, 0.3) is 0 Å². The van der Waals surface area contributed by atoms with Crippen LogP contribution in [0.2, 0.25) is 0 Å². The first-order valence-electron chi connectivity index (χ1n) is 11.8. The summed E-state index contributed by atoms with van der Waals surface area (Å²) in [5.74, 6) is 0.251. The van der Waals surface area contributed by atoms with Gasteiger partial charge in [0.15, 0.2) is 0 Å². The van der Waals surface area contributed by atoms with Gasteiger partial charge in [-0.25, -0.2) is 0 Å². The van der Waals surface area contributed by atoms with Crippen molar-refractivity contribution in [2.45, 2.75) is 19.9 Å². The molecule has 2 heterocycles. The molecule has 1 aliphatic rings. The average molecular weight is 477 g/mol. The lowest BCUT2D eigenvalue weighted by Crippen LogP contribution is -2.50. The molecular weight excluding hydrogens is 444 g/mol. The van der Waals surface area contributed by atoms with Crippen molar-refractivity contribution in [2.75, 3.05) is 50.1 Å². The number of nitrogens with zero attached hydrogens (tertiary/aromatic N) is 2. The van der Waals surface area contributed by atoms with E-state index in [9.17, 15) is 9.59 Å². The average Bonchev–Trinajstić information content (AvgIpc) is 3.42. The Morgan fingerprint density at radius 3 is 2.37 bits per heavy atom. The third-order valence-electron chi connectivity index (χ3n) is 6.58. The van der Waals surface area contributed by atoms with E-state index in [0.717, 1.165) is 54.5 Å². The molecule has 2 aromatic carbocycles. The lowest BCUT2D eigenvalue weighted by atomic mass is 10.1. The van der Waals surface area contributed by atoms with E-state index in [1.807, 2.05) is 50.2 Å². The number of furan rings is 1. The van der Waals surface area contributed by atoms with Gasteiger partial charge in [0, 0.05) is 44.1 Å². The zero-order valence-electron chi connectivity index (χ0n) is 20.4. The molecule has 1 atom stereocenters. The molecule has 0 saturated carbocycles. The van der Waals surface area contributed by atoms with Crippen molar-refractivity contribution in [2.24, 2.45) is 0 Å². The summed E-state index contributed by atoms with van der Waals surface area (Å²) < 4.78 is 10.9. The molecule has 2 amide bonds. The fourth-order valence-electron chi connectivity index (χ4n) is 4.31. The van der Waals surface area contributed by atoms with Crippen LogP contribution in [0.4, 0.5) is 11.4 Å². The maximum atomic E-state index is 12.6. The molecule has 0 radical (unpaired) electrons. The van der Waals surface area contributed by atoms with Crippen LogP contribution in [0.3, 0.4) is 0 Å². The Morgan fingerprint density at radius 1 is 0.971 bits per heavy atom. The van der Waals surface area contributed by atoms with Crippen molar-refractivity contribution < 1.29 is 18.7 Å². The Hall–Kier alpha value is -3.78. The van der Waals surface area contributed by atoms with E-state index in [2.05, 4.69) is 32.6 Å². The Labute approximate surface area is 205 Å². The number of benzene rings is 2. The largest absolute Gasteiger partial charge is 0.497 e. The highest BCUT2D eigenvalue weighted by molar-refractivity contribution is 6.39. The van der Waals surface area contributed by atoms with E-state index >= 15 is 0 Å². The summed E-state index contributed by atoms with van der Waals surface area (Å²) in [6.45, 7) is 7.42. The number of nitrogens with one attached hydrogen (secondary N) is 2. The van der Waals surface area contributed by atoms with Crippen LogP contribution in [0.5, 0.6) is 5.75 Å². The monoisotopic (exact) mass is 476 g/mol. The summed E-state index contributed by atoms with van der Waals surface area (Å²) in [6.07, 6.45) is 1.63. The number of piperazine rings is 1. The van der Waals surface area contributed by atoms with E-state index in [-0.39, 0.29) is 12.6 Å². The number of carbonyl (C=O) groups is 2. The summed E-state index contributed by atoms with van der Waals surface area (Å²) in [7, 11) is 1.66. The van der Waals surface area contributed by atoms with Gasteiger partial charge in [-0.05, 0) is 67.4 Å². The van der Waals surface area contributed by atoms with Crippen LogP contribution >= 0.6 is 0 Å². The zero-order valence-corrected chi connectivity index (χ0v) is 20.4. The molecule has 184 valence electrons. The topological polar surface area (TPSA) is 87.0 Å². The van der Waals surface area contributed by atoms with Gasteiger partial charge in [0.05, 0.1) is 19.4 Å². The molecule has 0 spiro atoms. The van der Waals surface area contributed by atoms with Crippen molar-refractivity contribution in [1.29, 1.82) is 0 Å². The molecule has 1 fully saturated rings. The highest BCUT2D eigenvalue weighted by atomic mass is 16.5. The Balaban J connectivity index is 1.36. The lowest BCUT2D eigenvalue weighted by Gasteiger charge is -2.39.